The van der Waals surface area contributed by atoms with E-state index in [9.17, 15) is 5.11 Å². The van der Waals surface area contributed by atoms with Crippen LogP contribution in [0.4, 0.5) is 5.82 Å². The van der Waals surface area contributed by atoms with Crippen molar-refractivity contribution in [1.82, 2.24) is 4.98 Å². The van der Waals surface area contributed by atoms with Crippen molar-refractivity contribution in [3.63, 3.8) is 0 Å². The molecule has 1 rings (SSSR count). The summed E-state index contributed by atoms with van der Waals surface area (Å²) in [4.78, 5) is 4.08. The van der Waals surface area contributed by atoms with Crippen molar-refractivity contribution in [3.05, 3.63) is 23.4 Å². The number of aliphatic hydroxyl groups excluding tert-OH is 1. The fourth-order valence-electron chi connectivity index (χ4n) is 1.05. The van der Waals surface area contributed by atoms with Gasteiger partial charge >= 0.3 is 0 Å². The van der Waals surface area contributed by atoms with Gasteiger partial charge in [-0.2, -0.15) is 0 Å². The number of halogens is 1. The van der Waals surface area contributed by atoms with E-state index in [-0.39, 0.29) is 6.10 Å². The number of hydrogen-bond acceptors (Lipinski definition) is 3. The van der Waals surface area contributed by atoms with Crippen LogP contribution in [0, 0.1) is 0 Å². The van der Waals surface area contributed by atoms with E-state index in [1.54, 1.807) is 12.3 Å². The van der Waals surface area contributed by atoms with Crippen molar-refractivity contribution < 1.29 is 5.11 Å². The predicted octanol–water partition coefficient (Wildman–Crippen LogP) is 2.31. The molecule has 0 saturated carbocycles. The minimum Gasteiger partial charge on any atom is -0.393 e. The molecule has 0 saturated heterocycles. The third-order valence-corrected chi connectivity index (χ3v) is 2.21. The summed E-state index contributed by atoms with van der Waals surface area (Å²) in [5.74, 6) is 0.790. The van der Waals surface area contributed by atoms with Gasteiger partial charge in [0, 0.05) is 12.7 Å². The number of nitrogens with zero attached hydrogens (tertiary/aromatic N) is 1. The Bertz CT molecular complexity index is 263. The van der Waals surface area contributed by atoms with E-state index in [0.717, 1.165) is 25.2 Å². The van der Waals surface area contributed by atoms with Crippen LogP contribution < -0.4 is 5.32 Å². The van der Waals surface area contributed by atoms with Gasteiger partial charge < -0.3 is 10.4 Å². The maximum atomic E-state index is 9.30. The monoisotopic (exact) mass is 214 g/mol. The lowest BCUT2D eigenvalue weighted by atomic mass is 10.2. The van der Waals surface area contributed by atoms with Gasteiger partial charge in [0.05, 0.1) is 11.1 Å². The maximum Gasteiger partial charge on any atom is 0.125 e. The van der Waals surface area contributed by atoms with Crippen LogP contribution >= 0.6 is 11.6 Å². The van der Waals surface area contributed by atoms with E-state index in [0.29, 0.717) is 5.02 Å². The Labute approximate surface area is 89.1 Å². The molecule has 14 heavy (non-hydrogen) atoms. The van der Waals surface area contributed by atoms with Crippen LogP contribution in [0.15, 0.2) is 18.3 Å². The van der Waals surface area contributed by atoms with Crippen LogP contribution in [0.5, 0.6) is 0 Å². The first-order valence-electron chi connectivity index (χ1n) is 4.76. The quantitative estimate of drug-likeness (QED) is 0.791. The second-order valence-electron chi connectivity index (χ2n) is 3.14. The van der Waals surface area contributed by atoms with E-state index >= 15 is 0 Å². The Morgan fingerprint density at radius 1 is 1.57 bits per heavy atom. The Morgan fingerprint density at radius 3 is 2.93 bits per heavy atom. The molecule has 0 aliphatic rings. The topological polar surface area (TPSA) is 45.1 Å². The molecule has 0 bridgehead atoms. The fraction of sp³-hybridized carbons (Fsp3) is 0.500. The van der Waals surface area contributed by atoms with Crippen molar-refractivity contribution in [2.45, 2.75) is 25.9 Å². The van der Waals surface area contributed by atoms with E-state index in [1.807, 2.05) is 13.0 Å². The Balaban J connectivity index is 2.28. The smallest absolute Gasteiger partial charge is 0.125 e. The van der Waals surface area contributed by atoms with Gasteiger partial charge in [0.2, 0.25) is 0 Å². The largest absolute Gasteiger partial charge is 0.393 e. The number of aliphatic hydroxyl groups is 1. The normalized spacial score (nSPS) is 12.5. The van der Waals surface area contributed by atoms with Gasteiger partial charge in [-0.15, -0.1) is 0 Å². The number of pyridine rings is 1. The number of rotatable bonds is 5. The highest BCUT2D eigenvalue weighted by molar-refractivity contribution is 6.30. The van der Waals surface area contributed by atoms with E-state index in [1.165, 1.54) is 0 Å². The highest BCUT2D eigenvalue weighted by Gasteiger charge is 1.99. The lowest BCUT2D eigenvalue weighted by molar-refractivity contribution is 0.164. The van der Waals surface area contributed by atoms with Crippen LogP contribution in [-0.4, -0.2) is 22.7 Å². The summed E-state index contributed by atoms with van der Waals surface area (Å²) in [6.45, 7) is 2.69. The third-order valence-electron chi connectivity index (χ3n) is 1.98. The van der Waals surface area contributed by atoms with Crippen molar-refractivity contribution >= 4 is 17.4 Å². The lowest BCUT2D eigenvalue weighted by Crippen LogP contribution is -2.12. The predicted molar refractivity (Wildman–Crippen MR) is 58.7 cm³/mol. The third kappa shape index (κ3) is 3.94. The van der Waals surface area contributed by atoms with Crippen LogP contribution in [-0.2, 0) is 0 Å². The Morgan fingerprint density at radius 2 is 2.36 bits per heavy atom. The van der Waals surface area contributed by atoms with Crippen molar-refractivity contribution in [3.8, 4) is 0 Å². The average Bonchev–Trinajstić information content (AvgIpc) is 2.21. The van der Waals surface area contributed by atoms with Crippen LogP contribution in [0.2, 0.25) is 5.02 Å². The summed E-state index contributed by atoms with van der Waals surface area (Å²) < 4.78 is 0. The minimum absolute atomic E-state index is 0.227. The molecule has 78 valence electrons. The molecule has 1 aromatic heterocycles. The average molecular weight is 215 g/mol. The second-order valence-corrected chi connectivity index (χ2v) is 3.58. The molecule has 1 atom stereocenters. The Hall–Kier alpha value is -0.800. The van der Waals surface area contributed by atoms with Crippen LogP contribution in [0.25, 0.3) is 0 Å². The van der Waals surface area contributed by atoms with E-state index in [4.69, 9.17) is 11.6 Å². The van der Waals surface area contributed by atoms with Crippen molar-refractivity contribution in [2.24, 2.45) is 0 Å². The highest BCUT2D eigenvalue weighted by Crippen LogP contribution is 2.09. The minimum atomic E-state index is -0.227. The van der Waals surface area contributed by atoms with Gasteiger partial charge in [-0.25, -0.2) is 4.98 Å². The molecule has 0 fully saturated rings. The van der Waals surface area contributed by atoms with Gasteiger partial charge in [-0.05, 0) is 25.0 Å². The maximum absolute atomic E-state index is 9.30. The molecule has 0 spiro atoms. The summed E-state index contributed by atoms with van der Waals surface area (Å²) in [5, 5.41) is 13.0. The molecule has 0 aromatic carbocycles. The highest BCUT2D eigenvalue weighted by atomic mass is 35.5. The molecule has 0 aliphatic carbocycles. The number of aromatic nitrogens is 1. The standard InChI is InChI=1S/C10H15ClN2O/c1-2-9(14)5-6-12-10-4-3-8(11)7-13-10/h3-4,7,9,14H,2,5-6H2,1H3,(H,12,13). The molecule has 0 amide bonds. The van der Waals surface area contributed by atoms with Gasteiger partial charge in [-0.3, -0.25) is 0 Å². The summed E-state index contributed by atoms with van der Waals surface area (Å²) in [6, 6.07) is 3.60. The molecular weight excluding hydrogens is 200 g/mol. The van der Waals surface area contributed by atoms with Crippen LogP contribution in [0.3, 0.4) is 0 Å². The lowest BCUT2D eigenvalue weighted by Gasteiger charge is -2.08. The zero-order valence-corrected chi connectivity index (χ0v) is 8.96. The molecule has 0 aliphatic heterocycles. The van der Waals surface area contributed by atoms with Gasteiger partial charge in [0.25, 0.3) is 0 Å². The number of anilines is 1. The van der Waals surface area contributed by atoms with Crippen LogP contribution in [0.1, 0.15) is 19.8 Å². The number of nitrogens with one attached hydrogen (secondary N) is 1. The summed E-state index contributed by atoms with van der Waals surface area (Å²) in [7, 11) is 0. The number of hydrogen-bond donors (Lipinski definition) is 2. The molecule has 1 heterocycles. The summed E-state index contributed by atoms with van der Waals surface area (Å²) in [5.41, 5.74) is 0. The van der Waals surface area contributed by atoms with E-state index in [2.05, 4.69) is 10.3 Å². The van der Waals surface area contributed by atoms with E-state index < -0.39 is 0 Å². The summed E-state index contributed by atoms with van der Waals surface area (Å²) in [6.07, 6.45) is 2.89. The summed E-state index contributed by atoms with van der Waals surface area (Å²) >= 11 is 5.69. The fourth-order valence-corrected chi connectivity index (χ4v) is 1.16. The molecule has 0 radical (unpaired) electrons. The van der Waals surface area contributed by atoms with Crippen molar-refractivity contribution in [2.75, 3.05) is 11.9 Å². The second kappa shape index (κ2) is 5.83. The molecule has 3 nitrogen and oxygen atoms in total. The first-order valence-corrected chi connectivity index (χ1v) is 5.13. The molecular formula is C10H15ClN2O. The molecule has 1 unspecified atom stereocenters. The van der Waals surface area contributed by atoms with Gasteiger partial charge in [0.1, 0.15) is 5.82 Å². The molecule has 4 heteroatoms. The first-order chi connectivity index (χ1) is 6.72. The van der Waals surface area contributed by atoms with Gasteiger partial charge in [0.15, 0.2) is 0 Å². The first kappa shape index (κ1) is 11.3. The van der Waals surface area contributed by atoms with Crippen molar-refractivity contribution in [1.29, 1.82) is 0 Å². The zero-order valence-electron chi connectivity index (χ0n) is 8.20. The van der Waals surface area contributed by atoms with Gasteiger partial charge in [-0.1, -0.05) is 18.5 Å². The Kier molecular flexibility index (Phi) is 4.70. The molecule has 1 aromatic rings. The SMILES string of the molecule is CCC(O)CCNc1ccc(Cl)cn1. The molecule has 2 N–H and O–H groups in total. The zero-order chi connectivity index (χ0) is 10.4.